The fraction of sp³-hybridized carbons (Fsp3) is 0.400. The highest BCUT2D eigenvalue weighted by Gasteiger charge is 2.24. The van der Waals surface area contributed by atoms with Crippen LogP contribution in [0.4, 0.5) is 16.0 Å². The van der Waals surface area contributed by atoms with E-state index in [0.29, 0.717) is 36.8 Å². The molecule has 0 aromatic carbocycles. The van der Waals surface area contributed by atoms with Gasteiger partial charge >= 0.3 is 0 Å². The van der Waals surface area contributed by atoms with Crippen LogP contribution in [-0.4, -0.2) is 33.9 Å². The maximum atomic E-state index is 13.1. The van der Waals surface area contributed by atoms with Gasteiger partial charge in [-0.15, -0.1) is 5.10 Å². The van der Waals surface area contributed by atoms with Gasteiger partial charge in [0.25, 0.3) is 0 Å². The number of hydrogen-bond donors (Lipinski definition) is 1. The number of rotatable bonds is 1. The lowest BCUT2D eigenvalue weighted by atomic mass is 10.3. The normalized spacial score (nSPS) is 20.8. The molecule has 0 spiro atoms. The predicted octanol–water partition coefficient (Wildman–Crippen LogP) is 0.860. The second kappa shape index (κ2) is 3.33. The Balaban J connectivity index is 1.99. The highest BCUT2D eigenvalue weighted by atomic mass is 19.1. The Morgan fingerprint density at radius 1 is 1.50 bits per heavy atom. The average Bonchev–Trinajstić information content (AvgIpc) is 2.83. The van der Waals surface area contributed by atoms with Crippen LogP contribution in [-0.2, 0) is 0 Å². The van der Waals surface area contributed by atoms with Gasteiger partial charge in [0.15, 0.2) is 5.65 Å². The number of anilines is 2. The Morgan fingerprint density at radius 3 is 3.12 bits per heavy atom. The minimum absolute atomic E-state index is 0.381. The van der Waals surface area contributed by atoms with Gasteiger partial charge in [0.2, 0.25) is 5.95 Å². The van der Waals surface area contributed by atoms with E-state index in [1.807, 2.05) is 4.90 Å². The van der Waals surface area contributed by atoms with Crippen molar-refractivity contribution >= 4 is 17.3 Å². The molecule has 5 nitrogen and oxygen atoms in total. The van der Waals surface area contributed by atoms with Crippen LogP contribution in [0.25, 0.3) is 5.65 Å². The number of hydrogen-bond acceptors (Lipinski definition) is 4. The predicted molar refractivity (Wildman–Crippen MR) is 59.1 cm³/mol. The summed E-state index contributed by atoms with van der Waals surface area (Å²) in [5.74, 6) is 0.575. The van der Waals surface area contributed by atoms with E-state index in [9.17, 15) is 4.39 Å². The second-order valence-electron chi connectivity index (χ2n) is 4.01. The van der Waals surface area contributed by atoms with Crippen LogP contribution in [0.3, 0.4) is 0 Å². The molecule has 6 heteroatoms. The van der Waals surface area contributed by atoms with Gasteiger partial charge in [0.05, 0.1) is 6.54 Å². The van der Waals surface area contributed by atoms with Crippen LogP contribution < -0.4 is 10.6 Å². The van der Waals surface area contributed by atoms with E-state index in [1.54, 1.807) is 22.8 Å². The summed E-state index contributed by atoms with van der Waals surface area (Å²) in [6, 6.07) is 3.51. The van der Waals surface area contributed by atoms with Gasteiger partial charge in [-0.25, -0.2) is 8.91 Å². The fourth-order valence-electron chi connectivity index (χ4n) is 1.92. The second-order valence-corrected chi connectivity index (χ2v) is 4.01. The number of halogens is 1. The van der Waals surface area contributed by atoms with Crippen molar-refractivity contribution in [3.63, 3.8) is 0 Å². The van der Waals surface area contributed by atoms with E-state index in [1.165, 1.54) is 0 Å². The van der Waals surface area contributed by atoms with Crippen molar-refractivity contribution in [3.05, 3.63) is 18.3 Å². The van der Waals surface area contributed by atoms with Crippen LogP contribution in [0, 0.1) is 0 Å². The molecule has 3 heterocycles. The van der Waals surface area contributed by atoms with Crippen LogP contribution in [0.15, 0.2) is 18.3 Å². The van der Waals surface area contributed by atoms with E-state index >= 15 is 0 Å². The van der Waals surface area contributed by atoms with E-state index in [-0.39, 0.29) is 0 Å². The number of alkyl halides is 1. The van der Waals surface area contributed by atoms with Gasteiger partial charge in [0, 0.05) is 24.5 Å². The monoisotopic (exact) mass is 221 g/mol. The van der Waals surface area contributed by atoms with Crippen molar-refractivity contribution in [2.75, 3.05) is 23.7 Å². The van der Waals surface area contributed by atoms with Crippen LogP contribution >= 0.6 is 0 Å². The van der Waals surface area contributed by atoms with Gasteiger partial charge in [-0.2, -0.15) is 4.98 Å². The van der Waals surface area contributed by atoms with Crippen LogP contribution in [0.1, 0.15) is 6.42 Å². The van der Waals surface area contributed by atoms with Crippen molar-refractivity contribution < 1.29 is 4.39 Å². The molecule has 0 unspecified atom stereocenters. The molecule has 1 fully saturated rings. The number of nitrogens with two attached hydrogens (primary N) is 1. The average molecular weight is 221 g/mol. The van der Waals surface area contributed by atoms with Gasteiger partial charge in [-0.1, -0.05) is 0 Å². The summed E-state index contributed by atoms with van der Waals surface area (Å²) in [5.41, 5.74) is 7.00. The molecule has 1 atom stereocenters. The number of fused-ring (bicyclic) bond motifs is 1. The Morgan fingerprint density at radius 2 is 2.38 bits per heavy atom. The highest BCUT2D eigenvalue weighted by molar-refractivity contribution is 5.53. The standard InChI is InChI=1S/C10H12FN5/c11-7-1-3-15(6-7)10-13-9-5-8(12)2-4-16(9)14-10/h2,4-5,7H,1,3,6,12H2/t7-/m0/s1. The SMILES string of the molecule is Nc1ccn2nc(N3CC[C@H](F)C3)nc2c1. The molecular weight excluding hydrogens is 209 g/mol. The molecule has 2 N–H and O–H groups in total. The number of pyridine rings is 1. The summed E-state index contributed by atoms with van der Waals surface area (Å²) in [6.45, 7) is 1.06. The maximum absolute atomic E-state index is 13.1. The molecule has 1 aliphatic rings. The third-order valence-corrected chi connectivity index (χ3v) is 2.76. The van der Waals surface area contributed by atoms with Crippen molar-refractivity contribution in [1.82, 2.24) is 14.6 Å². The summed E-state index contributed by atoms with van der Waals surface area (Å²) < 4.78 is 14.7. The Labute approximate surface area is 91.7 Å². The smallest absolute Gasteiger partial charge is 0.245 e. The van der Waals surface area contributed by atoms with E-state index in [0.717, 1.165) is 0 Å². The molecular formula is C10H12FN5. The summed E-state index contributed by atoms with van der Waals surface area (Å²) in [7, 11) is 0. The minimum Gasteiger partial charge on any atom is -0.399 e. The number of nitrogen functional groups attached to an aromatic ring is 1. The third kappa shape index (κ3) is 1.46. The zero-order chi connectivity index (χ0) is 11.1. The molecule has 2 aromatic rings. The summed E-state index contributed by atoms with van der Waals surface area (Å²) >= 11 is 0. The molecule has 1 aliphatic heterocycles. The van der Waals surface area contributed by atoms with Crippen molar-refractivity contribution in [2.24, 2.45) is 0 Å². The maximum Gasteiger partial charge on any atom is 0.245 e. The zero-order valence-electron chi connectivity index (χ0n) is 8.67. The number of aromatic nitrogens is 3. The van der Waals surface area contributed by atoms with Gasteiger partial charge in [-0.05, 0) is 12.5 Å². The van der Waals surface area contributed by atoms with Gasteiger partial charge < -0.3 is 10.6 Å². The molecule has 2 aromatic heterocycles. The molecule has 84 valence electrons. The lowest BCUT2D eigenvalue weighted by Crippen LogP contribution is -2.21. The topological polar surface area (TPSA) is 59.5 Å². The molecule has 0 aliphatic carbocycles. The van der Waals surface area contributed by atoms with Crippen molar-refractivity contribution in [3.8, 4) is 0 Å². The first-order chi connectivity index (χ1) is 7.72. The zero-order valence-corrected chi connectivity index (χ0v) is 8.67. The van der Waals surface area contributed by atoms with Crippen LogP contribution in [0.2, 0.25) is 0 Å². The molecule has 16 heavy (non-hydrogen) atoms. The highest BCUT2D eigenvalue weighted by Crippen LogP contribution is 2.19. The third-order valence-electron chi connectivity index (χ3n) is 2.76. The lowest BCUT2D eigenvalue weighted by molar-refractivity contribution is 0.364. The van der Waals surface area contributed by atoms with Crippen molar-refractivity contribution in [1.29, 1.82) is 0 Å². The van der Waals surface area contributed by atoms with Crippen molar-refractivity contribution in [2.45, 2.75) is 12.6 Å². The first-order valence-corrected chi connectivity index (χ1v) is 5.23. The Kier molecular flexibility index (Phi) is 1.95. The van der Waals surface area contributed by atoms with E-state index in [2.05, 4.69) is 10.1 Å². The van der Waals surface area contributed by atoms with E-state index < -0.39 is 6.17 Å². The number of nitrogens with zero attached hydrogens (tertiary/aromatic N) is 4. The molecule has 0 radical (unpaired) electrons. The molecule has 0 amide bonds. The molecule has 1 saturated heterocycles. The fourth-order valence-corrected chi connectivity index (χ4v) is 1.92. The molecule has 0 saturated carbocycles. The van der Waals surface area contributed by atoms with E-state index in [4.69, 9.17) is 5.73 Å². The van der Waals surface area contributed by atoms with Gasteiger partial charge in [-0.3, -0.25) is 0 Å². The largest absolute Gasteiger partial charge is 0.399 e. The minimum atomic E-state index is -0.767. The summed E-state index contributed by atoms with van der Waals surface area (Å²) in [4.78, 5) is 6.18. The summed E-state index contributed by atoms with van der Waals surface area (Å²) in [6.07, 6.45) is 1.54. The Hall–Kier alpha value is -1.85. The lowest BCUT2D eigenvalue weighted by Gasteiger charge is -2.10. The molecule has 3 rings (SSSR count). The Bertz CT molecular complexity index is 523. The van der Waals surface area contributed by atoms with Gasteiger partial charge in [0.1, 0.15) is 6.17 Å². The quantitative estimate of drug-likeness (QED) is 0.776. The van der Waals surface area contributed by atoms with Crippen LogP contribution in [0.5, 0.6) is 0 Å². The first kappa shape index (κ1) is 9.38. The first-order valence-electron chi connectivity index (χ1n) is 5.23. The molecule has 0 bridgehead atoms. The summed E-state index contributed by atoms with van der Waals surface area (Å²) in [5, 5.41) is 4.28.